The molecule has 0 saturated carbocycles. The first-order valence-corrected chi connectivity index (χ1v) is 9.70. The van der Waals surface area contributed by atoms with Crippen molar-refractivity contribution in [2.45, 2.75) is 17.9 Å². The molecule has 0 aliphatic rings. The van der Waals surface area contributed by atoms with Crippen molar-refractivity contribution in [1.29, 1.82) is 0 Å². The van der Waals surface area contributed by atoms with Crippen LogP contribution < -0.4 is 4.72 Å². The summed E-state index contributed by atoms with van der Waals surface area (Å²) in [5.41, 5.74) is 0.643. The zero-order chi connectivity index (χ0) is 15.2. The molecule has 0 atom stereocenters. The number of halogens is 1. The zero-order valence-corrected chi connectivity index (χ0v) is 13.3. The van der Waals surface area contributed by atoms with Crippen LogP contribution in [0.25, 0.3) is 0 Å². The maximum atomic E-state index is 11.6. The van der Waals surface area contributed by atoms with Crippen molar-refractivity contribution < 1.29 is 21.6 Å². The summed E-state index contributed by atoms with van der Waals surface area (Å²) in [6, 6.07) is 5.67. The summed E-state index contributed by atoms with van der Waals surface area (Å²) in [5, 5.41) is 0. The summed E-state index contributed by atoms with van der Waals surface area (Å²) in [4.78, 5) is -0.0223. The smallest absolute Gasteiger partial charge is 0.261 e. The van der Waals surface area contributed by atoms with E-state index in [0.717, 1.165) is 0 Å². The Labute approximate surface area is 123 Å². The van der Waals surface area contributed by atoms with Crippen molar-refractivity contribution >= 4 is 29.8 Å². The van der Waals surface area contributed by atoms with Gasteiger partial charge in [0.25, 0.3) is 9.05 Å². The van der Waals surface area contributed by atoms with Gasteiger partial charge in [-0.3, -0.25) is 0 Å². The molecule has 1 aromatic rings. The van der Waals surface area contributed by atoms with E-state index in [2.05, 4.69) is 4.72 Å². The molecule has 1 rings (SSSR count). The molecule has 20 heavy (non-hydrogen) atoms. The molecule has 0 heterocycles. The molecule has 0 aliphatic heterocycles. The first kappa shape index (κ1) is 17.4. The molecular weight excluding hydrogens is 326 g/mol. The Hall–Kier alpha value is -0.670. The number of hydrogen-bond donors (Lipinski definition) is 1. The van der Waals surface area contributed by atoms with Gasteiger partial charge < -0.3 is 4.74 Å². The van der Waals surface area contributed by atoms with E-state index in [0.29, 0.717) is 18.6 Å². The Bertz CT molecular complexity index is 625. The highest BCUT2D eigenvalue weighted by Crippen LogP contribution is 2.15. The zero-order valence-electron chi connectivity index (χ0n) is 10.9. The predicted octanol–water partition coefficient (Wildman–Crippen LogP) is 1.07. The minimum atomic E-state index is -3.76. The van der Waals surface area contributed by atoms with Gasteiger partial charge in [0.15, 0.2) is 0 Å². The lowest BCUT2D eigenvalue weighted by Gasteiger charge is -2.07. The van der Waals surface area contributed by atoms with Gasteiger partial charge in [0, 0.05) is 30.9 Å². The normalized spacial score (nSPS) is 12.5. The van der Waals surface area contributed by atoms with Gasteiger partial charge in [-0.1, -0.05) is 12.1 Å². The van der Waals surface area contributed by atoms with Gasteiger partial charge in [0.1, 0.15) is 0 Å². The Morgan fingerprint density at radius 2 is 1.75 bits per heavy atom. The number of hydrogen-bond acceptors (Lipinski definition) is 5. The van der Waals surface area contributed by atoms with Gasteiger partial charge in [-0.25, -0.2) is 21.6 Å². The fourth-order valence-corrected chi connectivity index (χ4v) is 3.23. The van der Waals surface area contributed by atoms with Gasteiger partial charge >= 0.3 is 0 Å². The maximum absolute atomic E-state index is 11.6. The topological polar surface area (TPSA) is 89.5 Å². The Kier molecular flexibility index (Phi) is 6.41. The summed E-state index contributed by atoms with van der Waals surface area (Å²) in [7, 11) is -0.436. The molecule has 114 valence electrons. The van der Waals surface area contributed by atoms with Crippen LogP contribution in [0.1, 0.15) is 12.0 Å². The lowest BCUT2D eigenvalue weighted by atomic mass is 10.2. The summed E-state index contributed by atoms with van der Waals surface area (Å²) >= 11 is 0. The largest absolute Gasteiger partial charge is 0.385 e. The number of rotatable bonds is 8. The van der Waals surface area contributed by atoms with Crippen LogP contribution in [0.4, 0.5) is 0 Å². The summed E-state index contributed by atoms with van der Waals surface area (Å²) < 4.78 is 52.6. The Balaban J connectivity index is 2.58. The van der Waals surface area contributed by atoms with Crippen LogP contribution in [0.5, 0.6) is 0 Å². The molecule has 0 aromatic heterocycles. The molecule has 1 N–H and O–H groups in total. The highest BCUT2D eigenvalue weighted by molar-refractivity contribution is 8.13. The van der Waals surface area contributed by atoms with E-state index in [1.165, 1.54) is 31.4 Å². The van der Waals surface area contributed by atoms with Gasteiger partial charge in [0.05, 0.1) is 10.6 Å². The van der Waals surface area contributed by atoms with Crippen LogP contribution in [0.3, 0.4) is 0 Å². The molecule has 1 aromatic carbocycles. The average Bonchev–Trinajstić information content (AvgIpc) is 2.36. The van der Waals surface area contributed by atoms with E-state index >= 15 is 0 Å². The number of nitrogens with one attached hydrogen (secondary N) is 1. The van der Waals surface area contributed by atoms with Crippen LogP contribution in [0.15, 0.2) is 29.2 Å². The lowest BCUT2D eigenvalue weighted by molar-refractivity contribution is 0.199. The molecule has 0 aliphatic carbocycles. The molecule has 0 radical (unpaired) electrons. The van der Waals surface area contributed by atoms with Crippen molar-refractivity contribution in [3.63, 3.8) is 0 Å². The molecule has 0 spiro atoms. The fraction of sp³-hybridized carbons (Fsp3) is 0.455. The van der Waals surface area contributed by atoms with Gasteiger partial charge in [0.2, 0.25) is 10.0 Å². The third-order valence-corrected chi connectivity index (χ3v) is 5.24. The van der Waals surface area contributed by atoms with Crippen LogP contribution in [-0.4, -0.2) is 36.3 Å². The Morgan fingerprint density at radius 3 is 2.25 bits per heavy atom. The van der Waals surface area contributed by atoms with Crippen molar-refractivity contribution in [2.24, 2.45) is 0 Å². The van der Waals surface area contributed by atoms with E-state index in [1.54, 1.807) is 0 Å². The third kappa shape index (κ3) is 6.19. The molecule has 6 nitrogen and oxygen atoms in total. The monoisotopic (exact) mass is 341 g/mol. The van der Waals surface area contributed by atoms with E-state index in [-0.39, 0.29) is 17.2 Å². The molecule has 0 saturated heterocycles. The fourth-order valence-electron chi connectivity index (χ4n) is 1.43. The predicted molar refractivity (Wildman–Crippen MR) is 76.6 cm³/mol. The van der Waals surface area contributed by atoms with Gasteiger partial charge in [-0.2, -0.15) is 0 Å². The first-order valence-electron chi connectivity index (χ1n) is 5.74. The Morgan fingerprint density at radius 1 is 1.15 bits per heavy atom. The minimum absolute atomic E-state index is 0.0189. The van der Waals surface area contributed by atoms with Crippen LogP contribution in [0, 0.1) is 0 Å². The number of methoxy groups -OCH3 is 1. The van der Waals surface area contributed by atoms with E-state index in [4.69, 9.17) is 15.4 Å². The van der Waals surface area contributed by atoms with Crippen molar-refractivity contribution in [3.05, 3.63) is 29.8 Å². The summed E-state index contributed by atoms with van der Waals surface area (Å²) in [6.45, 7) is 0.473. The summed E-state index contributed by atoms with van der Waals surface area (Å²) in [5.74, 6) is -0.0189. The molecular formula is C11H16ClNO5S2. The lowest BCUT2D eigenvalue weighted by Crippen LogP contribution is -2.26. The van der Waals surface area contributed by atoms with Crippen LogP contribution >= 0.6 is 10.7 Å². The molecule has 0 amide bonds. The third-order valence-electron chi connectivity index (χ3n) is 2.46. The SMILES string of the molecule is COCCCS(=O)(=O)NCc1ccc(S(=O)(=O)Cl)cc1. The average molecular weight is 342 g/mol. The molecule has 9 heteroatoms. The van der Waals surface area contributed by atoms with Crippen molar-refractivity contribution in [1.82, 2.24) is 4.72 Å². The van der Waals surface area contributed by atoms with Crippen LogP contribution in [0.2, 0.25) is 0 Å². The van der Waals surface area contributed by atoms with Gasteiger partial charge in [-0.05, 0) is 24.1 Å². The first-order chi connectivity index (χ1) is 9.24. The molecule has 0 fully saturated rings. The van der Waals surface area contributed by atoms with E-state index in [9.17, 15) is 16.8 Å². The van der Waals surface area contributed by atoms with Crippen LogP contribution in [-0.2, 0) is 30.4 Å². The highest BCUT2D eigenvalue weighted by atomic mass is 35.7. The standard InChI is InChI=1S/C11H16ClNO5S2/c1-18-7-2-8-19(14,15)13-9-10-3-5-11(6-4-10)20(12,16)17/h3-6,13H,2,7-9H2,1H3. The quantitative estimate of drug-likeness (QED) is 0.564. The second-order valence-electron chi connectivity index (χ2n) is 4.07. The van der Waals surface area contributed by atoms with Crippen molar-refractivity contribution in [3.8, 4) is 0 Å². The second-order valence-corrected chi connectivity index (χ2v) is 8.56. The number of benzene rings is 1. The minimum Gasteiger partial charge on any atom is -0.385 e. The van der Waals surface area contributed by atoms with E-state index in [1.807, 2.05) is 0 Å². The number of ether oxygens (including phenoxy) is 1. The number of sulfonamides is 1. The molecule has 0 bridgehead atoms. The second kappa shape index (κ2) is 7.37. The highest BCUT2D eigenvalue weighted by Gasteiger charge is 2.11. The van der Waals surface area contributed by atoms with E-state index < -0.39 is 19.1 Å². The van der Waals surface area contributed by atoms with Crippen molar-refractivity contribution in [2.75, 3.05) is 19.5 Å². The maximum Gasteiger partial charge on any atom is 0.261 e. The van der Waals surface area contributed by atoms with Gasteiger partial charge in [-0.15, -0.1) is 0 Å². The summed E-state index contributed by atoms with van der Waals surface area (Å²) in [6.07, 6.45) is 0.412. The molecule has 0 unspecified atom stereocenters.